The number of nitrogens with one attached hydrogen (secondary N) is 1. The van der Waals surface area contributed by atoms with Gasteiger partial charge in [-0.15, -0.1) is 0 Å². The Morgan fingerprint density at radius 1 is 0.667 bits per heavy atom. The Hall–Kier alpha value is -3.39. The number of carbonyl (C=O) groups is 3. The molecule has 1 aliphatic rings. The van der Waals surface area contributed by atoms with Crippen LogP contribution in [0.25, 0.3) is 0 Å². The Balaban J connectivity index is 0.000000351. The molecule has 3 rings (SSSR count). The van der Waals surface area contributed by atoms with Gasteiger partial charge in [-0.25, -0.2) is 9.90 Å². The van der Waals surface area contributed by atoms with Gasteiger partial charge in [-0.1, -0.05) is 54.6 Å². The van der Waals surface area contributed by atoms with Gasteiger partial charge in [0.2, 0.25) is 11.8 Å². The maximum absolute atomic E-state index is 11.6. The maximum atomic E-state index is 11.6. The smallest absolute Gasteiger partial charge is 0.363 e. The Kier molecular flexibility index (Phi) is 21.8. The fraction of sp³-hybridized carbons (Fsp3) is 0.583. The van der Waals surface area contributed by atoms with E-state index in [9.17, 15) is 19.5 Å². The molecular formula is C36H53N2O10. The highest BCUT2D eigenvalue weighted by Gasteiger charge is 2.51. The van der Waals surface area contributed by atoms with Crippen LogP contribution in [0.15, 0.2) is 54.6 Å². The molecule has 0 saturated heterocycles. The lowest BCUT2D eigenvalue weighted by molar-refractivity contribution is -0.149. The summed E-state index contributed by atoms with van der Waals surface area (Å²) >= 11 is 0. The van der Waals surface area contributed by atoms with Crippen LogP contribution in [0.4, 0.5) is 0 Å². The van der Waals surface area contributed by atoms with Crippen molar-refractivity contribution in [3.05, 3.63) is 71.3 Å². The summed E-state index contributed by atoms with van der Waals surface area (Å²) in [6.07, 6.45) is 6.03. The molecule has 0 spiro atoms. The fourth-order valence-corrected chi connectivity index (χ4v) is 4.44. The molecule has 0 bridgehead atoms. The summed E-state index contributed by atoms with van der Waals surface area (Å²) in [6, 6.07) is 18.8. The van der Waals surface area contributed by atoms with E-state index in [2.05, 4.69) is 47.8 Å². The van der Waals surface area contributed by atoms with E-state index in [4.69, 9.17) is 34.2 Å². The highest BCUT2D eigenvalue weighted by atomic mass is 16.6. The molecule has 0 unspecified atom stereocenters. The number of unbranched alkanes of at least 4 members (excludes halogenated alkanes) is 1. The number of hydrogen-bond donors (Lipinski definition) is 2. The molecule has 1 saturated carbocycles. The summed E-state index contributed by atoms with van der Waals surface area (Å²) in [6.45, 7) is 4.59. The van der Waals surface area contributed by atoms with E-state index in [1.54, 1.807) is 7.11 Å². The minimum absolute atomic E-state index is 0.0932. The third-order valence-corrected chi connectivity index (χ3v) is 7.49. The van der Waals surface area contributed by atoms with Gasteiger partial charge in [0.1, 0.15) is 6.61 Å². The predicted molar refractivity (Wildman–Crippen MR) is 179 cm³/mol. The second-order valence-corrected chi connectivity index (χ2v) is 11.5. The standard InChI is InChI=1S/C18H32NO9.C18H21NO/c1-23-4-5-24-6-7-25-8-9-26-10-11-27-12-13-28-14-16(20)19-15-18(2-3-18)17(21)22;19-18(20)14-17-12-10-16(11-13-17)9-5-4-8-15-6-2-1-3-7-15/h2-15H2,1H3,(H,19,20);1-3,6-7,10-13H,4-5,8-9,14H2,(H2,19,20). The lowest BCUT2D eigenvalue weighted by Crippen LogP contribution is -2.36. The van der Waals surface area contributed by atoms with Gasteiger partial charge in [0.05, 0.1) is 77.9 Å². The molecule has 2 amide bonds. The number of benzene rings is 2. The average Bonchev–Trinajstić information content (AvgIpc) is 3.88. The van der Waals surface area contributed by atoms with Gasteiger partial charge < -0.3 is 39.5 Å². The summed E-state index contributed by atoms with van der Waals surface area (Å²) in [7, 11) is 1.63. The number of carbonyl (C=O) groups excluding carboxylic acids is 3. The number of methoxy groups -OCH3 is 1. The molecule has 1 aliphatic carbocycles. The molecule has 0 aromatic heterocycles. The molecular weight excluding hydrogens is 620 g/mol. The van der Waals surface area contributed by atoms with Crippen LogP contribution in [-0.2, 0) is 67.2 Å². The van der Waals surface area contributed by atoms with Crippen molar-refractivity contribution in [3.8, 4) is 0 Å². The third-order valence-electron chi connectivity index (χ3n) is 7.49. The highest BCUT2D eigenvalue weighted by Crippen LogP contribution is 2.45. The molecule has 2 aromatic rings. The first-order valence-corrected chi connectivity index (χ1v) is 16.6. The molecule has 12 nitrogen and oxygen atoms in total. The normalized spacial score (nSPS) is 12.9. The zero-order valence-electron chi connectivity index (χ0n) is 28.3. The molecule has 0 heterocycles. The van der Waals surface area contributed by atoms with Gasteiger partial charge in [0.15, 0.2) is 0 Å². The summed E-state index contributed by atoms with van der Waals surface area (Å²) in [5.41, 5.74) is 8.03. The van der Waals surface area contributed by atoms with Crippen LogP contribution in [0.1, 0.15) is 42.4 Å². The van der Waals surface area contributed by atoms with Crippen LogP contribution in [0, 0.1) is 5.41 Å². The van der Waals surface area contributed by atoms with Crippen molar-refractivity contribution >= 4 is 17.8 Å². The minimum Gasteiger partial charge on any atom is -0.382 e. The molecule has 48 heavy (non-hydrogen) atoms. The zero-order chi connectivity index (χ0) is 34.7. The van der Waals surface area contributed by atoms with Crippen LogP contribution < -0.4 is 11.1 Å². The average molecular weight is 674 g/mol. The van der Waals surface area contributed by atoms with E-state index >= 15 is 0 Å². The number of rotatable bonds is 27. The van der Waals surface area contributed by atoms with Crippen molar-refractivity contribution in [2.75, 3.05) is 86.3 Å². The minimum atomic E-state index is -1.11. The van der Waals surface area contributed by atoms with E-state index < -0.39 is 11.4 Å². The van der Waals surface area contributed by atoms with Crippen molar-refractivity contribution < 1.29 is 47.9 Å². The largest absolute Gasteiger partial charge is 0.382 e. The monoisotopic (exact) mass is 673 g/mol. The van der Waals surface area contributed by atoms with Crippen molar-refractivity contribution in [3.63, 3.8) is 0 Å². The van der Waals surface area contributed by atoms with Gasteiger partial charge >= 0.3 is 5.97 Å². The Morgan fingerprint density at radius 2 is 1.12 bits per heavy atom. The van der Waals surface area contributed by atoms with E-state index in [0.29, 0.717) is 78.7 Å². The number of nitrogens with two attached hydrogens (primary N) is 1. The van der Waals surface area contributed by atoms with Gasteiger partial charge in [0.25, 0.3) is 0 Å². The Morgan fingerprint density at radius 3 is 1.58 bits per heavy atom. The number of hydrogen-bond acceptors (Lipinski definition) is 9. The van der Waals surface area contributed by atoms with Crippen LogP contribution >= 0.6 is 0 Å². The van der Waals surface area contributed by atoms with Crippen LogP contribution in [-0.4, -0.2) is 104 Å². The first kappa shape index (κ1) is 40.8. The van der Waals surface area contributed by atoms with E-state index in [1.165, 1.54) is 24.0 Å². The lowest BCUT2D eigenvalue weighted by Gasteiger charge is -2.10. The van der Waals surface area contributed by atoms with Crippen LogP contribution in [0.2, 0.25) is 0 Å². The van der Waals surface area contributed by atoms with Crippen LogP contribution in [0.3, 0.4) is 0 Å². The number of primary amides is 1. The summed E-state index contributed by atoms with van der Waals surface area (Å²) in [5, 5.41) is 13.4. The Bertz CT molecular complexity index is 1140. The van der Waals surface area contributed by atoms with Crippen molar-refractivity contribution in [1.82, 2.24) is 5.32 Å². The van der Waals surface area contributed by atoms with E-state index in [1.807, 2.05) is 12.1 Å². The molecule has 0 aliphatic heterocycles. The molecule has 0 atom stereocenters. The summed E-state index contributed by atoms with van der Waals surface area (Å²) < 4.78 is 31.3. The quantitative estimate of drug-likeness (QED) is 0.136. The second kappa shape index (κ2) is 25.6. The van der Waals surface area contributed by atoms with E-state index in [0.717, 1.165) is 18.4 Å². The van der Waals surface area contributed by atoms with Gasteiger partial charge in [-0.3, -0.25) is 9.59 Å². The van der Waals surface area contributed by atoms with Gasteiger partial charge in [-0.2, -0.15) is 0 Å². The van der Waals surface area contributed by atoms with Crippen LogP contribution in [0.5, 0.6) is 0 Å². The maximum Gasteiger partial charge on any atom is 0.363 e. The second-order valence-electron chi connectivity index (χ2n) is 11.5. The Labute approximate surface area is 284 Å². The first-order chi connectivity index (χ1) is 23.3. The first-order valence-electron chi connectivity index (χ1n) is 16.6. The predicted octanol–water partition coefficient (Wildman–Crippen LogP) is 2.85. The van der Waals surface area contributed by atoms with Crippen molar-refractivity contribution in [2.45, 2.75) is 44.9 Å². The van der Waals surface area contributed by atoms with Gasteiger partial charge in [-0.05, 0) is 55.2 Å². The zero-order valence-corrected chi connectivity index (χ0v) is 28.3. The number of ether oxygens (including phenoxy) is 6. The van der Waals surface area contributed by atoms with E-state index in [-0.39, 0.29) is 31.6 Å². The highest BCUT2D eigenvalue weighted by molar-refractivity contribution is 5.81. The number of amides is 2. The topological polar surface area (TPSA) is 165 Å². The lowest BCUT2D eigenvalue weighted by atomic mass is 10.0. The third kappa shape index (κ3) is 20.1. The molecule has 12 heteroatoms. The molecule has 1 radical (unpaired) electrons. The SMILES string of the molecule is COCCOCCOCCOCCOCCOCC(=O)NCC1(C([O])=O)CC1.NC(=O)Cc1ccc(CCCCc2ccccc2)cc1. The molecule has 1 fully saturated rings. The van der Waals surface area contributed by atoms with Gasteiger partial charge in [0, 0.05) is 13.7 Å². The van der Waals surface area contributed by atoms with Crippen molar-refractivity contribution in [1.29, 1.82) is 0 Å². The fourth-order valence-electron chi connectivity index (χ4n) is 4.44. The molecule has 3 N–H and O–H groups in total. The van der Waals surface area contributed by atoms with Crippen molar-refractivity contribution in [2.24, 2.45) is 11.1 Å². The summed E-state index contributed by atoms with van der Waals surface area (Å²) in [4.78, 5) is 33.3. The molecule has 267 valence electrons. The number of aryl methyl sites for hydroxylation is 2. The summed E-state index contributed by atoms with van der Waals surface area (Å²) in [5.74, 6) is -1.73. The molecule has 2 aromatic carbocycles.